The molecule has 0 atom stereocenters. The van der Waals surface area contributed by atoms with Crippen molar-refractivity contribution >= 4 is 11.5 Å². The van der Waals surface area contributed by atoms with Gasteiger partial charge in [-0.05, 0) is 17.7 Å². The number of hydrogen-bond acceptors (Lipinski definition) is 3. The standard InChI is InChI=1S/C16H18N2O/c1-3-16(19)15-10-9-14(11-17-15)18(2)12-13-7-5-4-6-8-13/h4-11H,3,12H2,1-2H3. The minimum absolute atomic E-state index is 0.0808. The lowest BCUT2D eigenvalue weighted by molar-refractivity contribution is 0.0983. The molecule has 0 bridgehead atoms. The van der Waals surface area contributed by atoms with E-state index in [2.05, 4.69) is 22.0 Å². The van der Waals surface area contributed by atoms with E-state index in [0.717, 1.165) is 12.2 Å². The van der Waals surface area contributed by atoms with E-state index in [4.69, 9.17) is 0 Å². The minimum atomic E-state index is 0.0808. The highest BCUT2D eigenvalue weighted by molar-refractivity contribution is 5.94. The molecule has 0 radical (unpaired) electrons. The number of rotatable bonds is 5. The SMILES string of the molecule is CCC(=O)c1ccc(N(C)Cc2ccccc2)cn1. The summed E-state index contributed by atoms with van der Waals surface area (Å²) < 4.78 is 0. The molecule has 2 aromatic rings. The second kappa shape index (κ2) is 6.14. The number of aromatic nitrogens is 1. The monoisotopic (exact) mass is 254 g/mol. The number of ketones is 1. The molecule has 3 heteroatoms. The van der Waals surface area contributed by atoms with Gasteiger partial charge < -0.3 is 4.90 Å². The number of hydrogen-bond donors (Lipinski definition) is 0. The molecule has 0 saturated carbocycles. The molecule has 0 fully saturated rings. The van der Waals surface area contributed by atoms with Crippen molar-refractivity contribution in [2.45, 2.75) is 19.9 Å². The number of nitrogens with zero attached hydrogens (tertiary/aromatic N) is 2. The first-order valence-electron chi connectivity index (χ1n) is 6.45. The summed E-state index contributed by atoms with van der Waals surface area (Å²) in [5.74, 6) is 0.0808. The second-order valence-corrected chi connectivity index (χ2v) is 4.52. The maximum Gasteiger partial charge on any atom is 0.180 e. The first-order valence-corrected chi connectivity index (χ1v) is 6.45. The normalized spacial score (nSPS) is 10.2. The third-order valence-electron chi connectivity index (χ3n) is 3.06. The Hall–Kier alpha value is -2.16. The molecule has 1 aromatic carbocycles. The van der Waals surface area contributed by atoms with E-state index in [-0.39, 0.29) is 5.78 Å². The second-order valence-electron chi connectivity index (χ2n) is 4.52. The molecular formula is C16H18N2O. The third kappa shape index (κ3) is 3.41. The Labute approximate surface area is 113 Å². The summed E-state index contributed by atoms with van der Waals surface area (Å²) in [6.45, 7) is 2.67. The number of carbonyl (C=O) groups excluding carboxylic acids is 1. The van der Waals surface area contributed by atoms with Crippen molar-refractivity contribution in [3.63, 3.8) is 0 Å². The van der Waals surface area contributed by atoms with Gasteiger partial charge in [0.2, 0.25) is 0 Å². The summed E-state index contributed by atoms with van der Waals surface area (Å²) in [6.07, 6.45) is 2.25. The van der Waals surface area contributed by atoms with Crippen LogP contribution in [0.5, 0.6) is 0 Å². The zero-order valence-electron chi connectivity index (χ0n) is 11.3. The fraction of sp³-hybridized carbons (Fsp3) is 0.250. The molecule has 0 N–H and O–H groups in total. The van der Waals surface area contributed by atoms with Crippen LogP contribution in [0, 0.1) is 0 Å². The van der Waals surface area contributed by atoms with Crippen LogP contribution in [0.1, 0.15) is 29.4 Å². The minimum Gasteiger partial charge on any atom is -0.369 e. The molecule has 19 heavy (non-hydrogen) atoms. The summed E-state index contributed by atoms with van der Waals surface area (Å²) >= 11 is 0. The Morgan fingerprint density at radius 3 is 2.47 bits per heavy atom. The van der Waals surface area contributed by atoms with Gasteiger partial charge in [0.25, 0.3) is 0 Å². The van der Waals surface area contributed by atoms with Crippen LogP contribution in [0.2, 0.25) is 0 Å². The Morgan fingerprint density at radius 2 is 1.89 bits per heavy atom. The van der Waals surface area contributed by atoms with Gasteiger partial charge in [0.05, 0.1) is 11.9 Å². The topological polar surface area (TPSA) is 33.2 Å². The highest BCUT2D eigenvalue weighted by Crippen LogP contribution is 2.15. The number of benzene rings is 1. The van der Waals surface area contributed by atoms with E-state index in [9.17, 15) is 4.79 Å². The molecule has 0 aliphatic carbocycles. The van der Waals surface area contributed by atoms with Crippen molar-refractivity contribution in [1.29, 1.82) is 0 Å². The van der Waals surface area contributed by atoms with Crippen LogP contribution >= 0.6 is 0 Å². The van der Waals surface area contributed by atoms with Gasteiger partial charge >= 0.3 is 0 Å². The highest BCUT2D eigenvalue weighted by atomic mass is 16.1. The molecule has 0 unspecified atom stereocenters. The summed E-state index contributed by atoms with van der Waals surface area (Å²) in [5.41, 5.74) is 2.80. The Morgan fingerprint density at radius 1 is 1.16 bits per heavy atom. The van der Waals surface area contributed by atoms with Crippen molar-refractivity contribution in [1.82, 2.24) is 4.98 Å². The molecule has 3 nitrogen and oxygen atoms in total. The first kappa shape index (κ1) is 13.3. The molecule has 1 aromatic heterocycles. The fourth-order valence-electron chi connectivity index (χ4n) is 1.91. The van der Waals surface area contributed by atoms with Gasteiger partial charge in [-0.15, -0.1) is 0 Å². The predicted octanol–water partition coefficient (Wildman–Crippen LogP) is 3.31. The molecule has 0 amide bonds. The fourth-order valence-corrected chi connectivity index (χ4v) is 1.91. The summed E-state index contributed by atoms with van der Waals surface area (Å²) in [4.78, 5) is 17.8. The third-order valence-corrected chi connectivity index (χ3v) is 3.06. The lowest BCUT2D eigenvalue weighted by Gasteiger charge is -2.19. The first-order chi connectivity index (χ1) is 9.20. The van der Waals surface area contributed by atoms with E-state index in [1.807, 2.05) is 38.2 Å². The quantitative estimate of drug-likeness (QED) is 0.767. The van der Waals surface area contributed by atoms with Crippen molar-refractivity contribution in [2.24, 2.45) is 0 Å². The van der Waals surface area contributed by atoms with Gasteiger partial charge in [-0.3, -0.25) is 9.78 Å². The zero-order chi connectivity index (χ0) is 13.7. The molecule has 2 rings (SSSR count). The summed E-state index contributed by atoms with van der Waals surface area (Å²) in [6, 6.07) is 14.0. The largest absolute Gasteiger partial charge is 0.369 e. The average Bonchev–Trinajstić information content (AvgIpc) is 2.47. The predicted molar refractivity (Wildman–Crippen MR) is 77.4 cm³/mol. The Balaban J connectivity index is 2.07. The van der Waals surface area contributed by atoms with Gasteiger partial charge in [0, 0.05) is 20.0 Å². The maximum atomic E-state index is 11.5. The van der Waals surface area contributed by atoms with Crippen molar-refractivity contribution in [3.05, 3.63) is 59.9 Å². The van der Waals surface area contributed by atoms with Gasteiger partial charge in [-0.25, -0.2) is 0 Å². The van der Waals surface area contributed by atoms with Crippen LogP contribution in [-0.4, -0.2) is 17.8 Å². The molecule has 1 heterocycles. The lowest BCUT2D eigenvalue weighted by Crippen LogP contribution is -2.16. The van der Waals surface area contributed by atoms with Crippen molar-refractivity contribution in [2.75, 3.05) is 11.9 Å². The molecule has 0 aliphatic rings. The number of anilines is 1. The van der Waals surface area contributed by atoms with Crippen LogP contribution < -0.4 is 4.90 Å². The van der Waals surface area contributed by atoms with E-state index in [0.29, 0.717) is 12.1 Å². The van der Waals surface area contributed by atoms with Crippen LogP contribution in [-0.2, 0) is 6.54 Å². The number of carbonyl (C=O) groups is 1. The Kier molecular flexibility index (Phi) is 4.29. The summed E-state index contributed by atoms with van der Waals surface area (Å²) in [5, 5.41) is 0. The molecule has 0 saturated heterocycles. The van der Waals surface area contributed by atoms with Crippen molar-refractivity contribution in [3.8, 4) is 0 Å². The zero-order valence-corrected chi connectivity index (χ0v) is 11.3. The average molecular weight is 254 g/mol. The molecule has 0 spiro atoms. The maximum absolute atomic E-state index is 11.5. The van der Waals surface area contributed by atoms with Crippen LogP contribution in [0.25, 0.3) is 0 Å². The van der Waals surface area contributed by atoms with E-state index >= 15 is 0 Å². The highest BCUT2D eigenvalue weighted by Gasteiger charge is 2.06. The van der Waals surface area contributed by atoms with Gasteiger partial charge in [-0.1, -0.05) is 37.3 Å². The van der Waals surface area contributed by atoms with E-state index < -0.39 is 0 Å². The van der Waals surface area contributed by atoms with Gasteiger partial charge in [-0.2, -0.15) is 0 Å². The number of Topliss-reactive ketones (excluding diaryl/α,β-unsaturated/α-hetero) is 1. The van der Waals surface area contributed by atoms with E-state index in [1.54, 1.807) is 12.3 Å². The van der Waals surface area contributed by atoms with E-state index in [1.165, 1.54) is 5.56 Å². The van der Waals surface area contributed by atoms with Crippen LogP contribution in [0.15, 0.2) is 48.7 Å². The lowest BCUT2D eigenvalue weighted by atomic mass is 10.2. The van der Waals surface area contributed by atoms with Crippen molar-refractivity contribution < 1.29 is 4.79 Å². The Bertz CT molecular complexity index is 534. The summed E-state index contributed by atoms with van der Waals surface area (Å²) in [7, 11) is 2.02. The molecule has 98 valence electrons. The van der Waals surface area contributed by atoms with Gasteiger partial charge in [0.15, 0.2) is 5.78 Å². The molecule has 0 aliphatic heterocycles. The van der Waals surface area contributed by atoms with Crippen LogP contribution in [0.3, 0.4) is 0 Å². The van der Waals surface area contributed by atoms with Gasteiger partial charge in [0.1, 0.15) is 5.69 Å². The smallest absolute Gasteiger partial charge is 0.180 e. The molecular weight excluding hydrogens is 236 g/mol. The van der Waals surface area contributed by atoms with Crippen LogP contribution in [0.4, 0.5) is 5.69 Å². The number of pyridine rings is 1.